The number of para-hydroxylation sites is 1. The third kappa shape index (κ3) is 5.26. The fourth-order valence-corrected chi connectivity index (χ4v) is 5.48. The largest absolute Gasteiger partial charge is 0.459 e. The molecule has 0 radical (unpaired) electrons. The molecule has 35 heavy (non-hydrogen) atoms. The fraction of sp³-hybridized carbons (Fsp3) is 0.310. The molecule has 2 aromatic heterocycles. The maximum atomic E-state index is 13.2. The van der Waals surface area contributed by atoms with Gasteiger partial charge in [0.05, 0.1) is 11.8 Å². The Morgan fingerprint density at radius 2 is 1.83 bits per heavy atom. The molecule has 0 aliphatic carbocycles. The summed E-state index contributed by atoms with van der Waals surface area (Å²) in [6.07, 6.45) is 6.17. The third-order valence-electron chi connectivity index (χ3n) is 7.22. The zero-order valence-corrected chi connectivity index (χ0v) is 20.7. The van der Waals surface area contributed by atoms with Crippen LogP contribution in [0.25, 0.3) is 10.9 Å². The topological polar surface area (TPSA) is 49.6 Å². The molecular weight excluding hydrogens is 458 g/mol. The van der Waals surface area contributed by atoms with E-state index in [-0.39, 0.29) is 11.9 Å². The Bertz CT molecular complexity index is 1280. The first-order valence-electron chi connectivity index (χ1n) is 12.2. The van der Waals surface area contributed by atoms with Crippen LogP contribution in [0.15, 0.2) is 83.6 Å². The van der Waals surface area contributed by atoms with Crippen molar-refractivity contribution in [3.05, 3.63) is 101 Å². The van der Waals surface area contributed by atoms with Gasteiger partial charge in [0.2, 0.25) is 0 Å². The molecule has 180 valence electrons. The lowest BCUT2D eigenvalue weighted by Gasteiger charge is -2.40. The van der Waals surface area contributed by atoms with Crippen molar-refractivity contribution >= 4 is 28.4 Å². The summed E-state index contributed by atoms with van der Waals surface area (Å²) in [5.74, 6) is 0.658. The number of pyridine rings is 1. The van der Waals surface area contributed by atoms with E-state index in [0.717, 1.165) is 55.0 Å². The van der Waals surface area contributed by atoms with Crippen molar-refractivity contribution in [2.75, 3.05) is 20.1 Å². The van der Waals surface area contributed by atoms with Gasteiger partial charge >= 0.3 is 0 Å². The van der Waals surface area contributed by atoms with Crippen LogP contribution < -0.4 is 0 Å². The first kappa shape index (κ1) is 23.6. The molecule has 1 unspecified atom stereocenters. The van der Waals surface area contributed by atoms with E-state index < -0.39 is 0 Å². The van der Waals surface area contributed by atoms with Gasteiger partial charge < -0.3 is 9.32 Å². The summed E-state index contributed by atoms with van der Waals surface area (Å²) < 4.78 is 5.42. The highest BCUT2D eigenvalue weighted by atomic mass is 35.5. The second-order valence-electron chi connectivity index (χ2n) is 9.36. The van der Waals surface area contributed by atoms with Crippen LogP contribution in [0.4, 0.5) is 0 Å². The van der Waals surface area contributed by atoms with Crippen LogP contribution in [-0.4, -0.2) is 46.9 Å². The van der Waals surface area contributed by atoms with Crippen molar-refractivity contribution in [3.8, 4) is 0 Å². The summed E-state index contributed by atoms with van der Waals surface area (Å²) in [7, 11) is 1.89. The molecule has 5 nitrogen and oxygen atoms in total. The van der Waals surface area contributed by atoms with Gasteiger partial charge in [-0.25, -0.2) is 0 Å². The van der Waals surface area contributed by atoms with Gasteiger partial charge in [0.1, 0.15) is 0 Å². The van der Waals surface area contributed by atoms with Gasteiger partial charge in [-0.05, 0) is 73.7 Å². The zero-order chi connectivity index (χ0) is 24.2. The van der Waals surface area contributed by atoms with Gasteiger partial charge in [-0.1, -0.05) is 54.1 Å². The number of hydrogen-bond acceptors (Lipinski definition) is 4. The summed E-state index contributed by atoms with van der Waals surface area (Å²) in [6, 6.07) is 22.0. The minimum atomic E-state index is -0.0867. The molecule has 1 amide bonds. The predicted molar refractivity (Wildman–Crippen MR) is 139 cm³/mol. The molecule has 4 aromatic rings. The monoisotopic (exact) mass is 487 g/mol. The molecule has 0 spiro atoms. The van der Waals surface area contributed by atoms with Crippen molar-refractivity contribution in [1.29, 1.82) is 0 Å². The van der Waals surface area contributed by atoms with Crippen molar-refractivity contribution in [2.24, 2.45) is 5.92 Å². The molecule has 3 heterocycles. The molecule has 1 saturated heterocycles. The number of likely N-dealkylation sites (tertiary alicyclic amines) is 1. The number of carbonyl (C=O) groups is 1. The number of halogens is 1. The number of hydrogen-bond donors (Lipinski definition) is 0. The van der Waals surface area contributed by atoms with Crippen LogP contribution in [0.2, 0.25) is 5.02 Å². The Labute approximate surface area is 211 Å². The summed E-state index contributed by atoms with van der Waals surface area (Å²) >= 11 is 6.52. The first-order chi connectivity index (χ1) is 17.1. The van der Waals surface area contributed by atoms with E-state index in [9.17, 15) is 4.79 Å². The van der Waals surface area contributed by atoms with E-state index in [1.807, 2.05) is 42.4 Å². The molecule has 2 aromatic carbocycles. The number of piperidine rings is 1. The summed E-state index contributed by atoms with van der Waals surface area (Å²) in [5.41, 5.74) is 3.42. The van der Waals surface area contributed by atoms with Gasteiger partial charge in [0.25, 0.3) is 5.91 Å². The molecule has 1 aliphatic heterocycles. The second-order valence-corrected chi connectivity index (χ2v) is 9.77. The number of benzene rings is 2. The van der Waals surface area contributed by atoms with E-state index >= 15 is 0 Å². The van der Waals surface area contributed by atoms with E-state index in [1.165, 1.54) is 10.9 Å². The van der Waals surface area contributed by atoms with Crippen LogP contribution in [0, 0.1) is 5.92 Å². The van der Waals surface area contributed by atoms with E-state index in [2.05, 4.69) is 40.2 Å². The highest BCUT2D eigenvalue weighted by molar-refractivity contribution is 6.31. The summed E-state index contributed by atoms with van der Waals surface area (Å²) in [5, 5.41) is 1.93. The predicted octanol–water partition coefficient (Wildman–Crippen LogP) is 6.08. The Balaban J connectivity index is 1.31. The molecular formula is C29H30ClN3O2. The maximum absolute atomic E-state index is 13.2. The van der Waals surface area contributed by atoms with Crippen molar-refractivity contribution in [2.45, 2.75) is 31.8 Å². The average molecular weight is 488 g/mol. The Kier molecular flexibility index (Phi) is 7.16. The normalized spacial score (nSPS) is 15.8. The molecule has 5 rings (SSSR count). The lowest BCUT2D eigenvalue weighted by Crippen LogP contribution is -2.47. The Morgan fingerprint density at radius 3 is 2.60 bits per heavy atom. The molecule has 1 fully saturated rings. The molecule has 0 N–H and O–H groups in total. The Morgan fingerprint density at radius 1 is 1.06 bits per heavy atom. The minimum absolute atomic E-state index is 0.0360. The standard InChI is InChI=1S/C29H30ClN3O2/c1-32(29(34)27-12-6-18-35-27)26(19-23-7-2-3-11-25(23)30)21-13-16-33(17-14-21)20-24-9-4-8-22-10-5-15-31-28(22)24/h2-12,15,18,21,26H,13-14,16-17,19-20H2,1H3. The van der Waals surface area contributed by atoms with Crippen LogP contribution in [-0.2, 0) is 13.0 Å². The second kappa shape index (κ2) is 10.6. The first-order valence-corrected chi connectivity index (χ1v) is 12.6. The highest BCUT2D eigenvalue weighted by Gasteiger charge is 2.33. The lowest BCUT2D eigenvalue weighted by molar-refractivity contribution is 0.0556. The molecule has 0 saturated carbocycles. The number of nitrogens with zero attached hydrogens (tertiary/aromatic N) is 3. The third-order valence-corrected chi connectivity index (χ3v) is 7.59. The smallest absolute Gasteiger partial charge is 0.289 e. The van der Waals surface area contributed by atoms with Crippen LogP contribution in [0.1, 0.15) is 34.5 Å². The number of amides is 1. The SMILES string of the molecule is CN(C(=O)c1ccco1)C(Cc1ccccc1Cl)C1CCN(Cc2cccc3cccnc23)CC1. The number of likely N-dealkylation sites (N-methyl/N-ethyl adjacent to an activating group) is 1. The average Bonchev–Trinajstić information content (AvgIpc) is 3.43. The summed E-state index contributed by atoms with van der Waals surface area (Å²) in [6.45, 7) is 2.85. The molecule has 1 aliphatic rings. The molecule has 0 bridgehead atoms. The Hall–Kier alpha value is -3.15. The van der Waals surface area contributed by atoms with Gasteiger partial charge in [-0.2, -0.15) is 0 Å². The van der Waals surface area contributed by atoms with Crippen LogP contribution in [0.5, 0.6) is 0 Å². The van der Waals surface area contributed by atoms with E-state index in [4.69, 9.17) is 16.0 Å². The van der Waals surface area contributed by atoms with Gasteiger partial charge in [0.15, 0.2) is 5.76 Å². The molecule has 1 atom stereocenters. The van der Waals surface area contributed by atoms with Gasteiger partial charge in [0, 0.05) is 36.2 Å². The van der Waals surface area contributed by atoms with Gasteiger partial charge in [-0.15, -0.1) is 0 Å². The van der Waals surface area contributed by atoms with Crippen molar-refractivity contribution in [1.82, 2.24) is 14.8 Å². The minimum Gasteiger partial charge on any atom is -0.459 e. The fourth-order valence-electron chi connectivity index (χ4n) is 5.27. The maximum Gasteiger partial charge on any atom is 0.289 e. The van der Waals surface area contributed by atoms with Crippen LogP contribution >= 0.6 is 11.6 Å². The number of aromatic nitrogens is 1. The lowest BCUT2D eigenvalue weighted by atomic mass is 9.84. The van der Waals surface area contributed by atoms with Crippen molar-refractivity contribution < 1.29 is 9.21 Å². The van der Waals surface area contributed by atoms with Gasteiger partial charge in [-0.3, -0.25) is 14.7 Å². The van der Waals surface area contributed by atoms with Crippen molar-refractivity contribution in [3.63, 3.8) is 0 Å². The number of rotatable bonds is 7. The zero-order valence-electron chi connectivity index (χ0n) is 19.9. The quantitative estimate of drug-likeness (QED) is 0.317. The summed E-state index contributed by atoms with van der Waals surface area (Å²) in [4.78, 5) is 22.2. The van der Waals surface area contributed by atoms with Crippen LogP contribution in [0.3, 0.4) is 0 Å². The number of furan rings is 1. The highest BCUT2D eigenvalue weighted by Crippen LogP contribution is 2.30. The van der Waals surface area contributed by atoms with E-state index in [0.29, 0.717) is 11.7 Å². The van der Waals surface area contributed by atoms with E-state index in [1.54, 1.807) is 18.4 Å². The molecule has 6 heteroatoms. The number of fused-ring (bicyclic) bond motifs is 1. The number of carbonyl (C=O) groups excluding carboxylic acids is 1.